The molecule has 0 amide bonds. The van der Waals surface area contributed by atoms with Crippen LogP contribution in [0.1, 0.15) is 17.3 Å². The summed E-state index contributed by atoms with van der Waals surface area (Å²) in [5, 5.41) is 0. The maximum atomic E-state index is 11.9. The molecule has 0 heterocycles. The molecule has 0 saturated heterocycles. The summed E-state index contributed by atoms with van der Waals surface area (Å²) in [7, 11) is -6.07. The predicted molar refractivity (Wildman–Crippen MR) is 74.5 cm³/mol. The fraction of sp³-hybridized carbons (Fsp3) is 0.364. The predicted octanol–water partition coefficient (Wildman–Crippen LogP) is -0.283. The average molecular weight is 320 g/mol. The van der Waals surface area contributed by atoms with Gasteiger partial charge in [-0.3, -0.25) is 4.79 Å². The number of hydrogen-bond donors (Lipinski definition) is 2. The van der Waals surface area contributed by atoms with Crippen molar-refractivity contribution in [1.29, 1.82) is 0 Å². The SMILES string of the molecule is CNS(=O)(=O)CCNS(=O)(=O)c1cccc(C(C)=O)c1. The average Bonchev–Trinajstić information content (AvgIpc) is 2.38. The van der Waals surface area contributed by atoms with Crippen molar-refractivity contribution in [2.75, 3.05) is 19.3 Å². The van der Waals surface area contributed by atoms with E-state index in [2.05, 4.69) is 9.44 Å². The normalized spacial score (nSPS) is 12.3. The summed E-state index contributed by atoms with van der Waals surface area (Å²) in [5.74, 6) is -0.616. The second-order valence-electron chi connectivity index (χ2n) is 4.00. The topological polar surface area (TPSA) is 109 Å². The van der Waals surface area contributed by atoms with E-state index >= 15 is 0 Å². The monoisotopic (exact) mass is 320 g/mol. The van der Waals surface area contributed by atoms with E-state index in [0.717, 1.165) is 0 Å². The first-order valence-electron chi connectivity index (χ1n) is 5.70. The standard InChI is InChI=1S/C11H16N2O5S2/c1-9(14)10-4-3-5-11(8-10)20(17,18)13-6-7-19(15,16)12-2/h3-5,8,12-13H,6-7H2,1-2H3. The quantitative estimate of drug-likeness (QED) is 0.671. The summed E-state index contributed by atoms with van der Waals surface area (Å²) in [6.07, 6.45) is 0. The van der Waals surface area contributed by atoms with Gasteiger partial charge in [0.15, 0.2) is 5.78 Å². The van der Waals surface area contributed by atoms with Gasteiger partial charge in [-0.2, -0.15) is 0 Å². The van der Waals surface area contributed by atoms with Crippen molar-refractivity contribution in [2.24, 2.45) is 0 Å². The molecule has 0 bridgehead atoms. The van der Waals surface area contributed by atoms with E-state index in [1.807, 2.05) is 0 Å². The second kappa shape index (κ2) is 6.44. The van der Waals surface area contributed by atoms with Crippen molar-refractivity contribution in [2.45, 2.75) is 11.8 Å². The highest BCUT2D eigenvalue weighted by Gasteiger charge is 2.16. The van der Waals surface area contributed by atoms with Gasteiger partial charge in [0.25, 0.3) is 0 Å². The Balaban J connectivity index is 2.84. The van der Waals surface area contributed by atoms with Crippen LogP contribution in [-0.4, -0.2) is 42.0 Å². The van der Waals surface area contributed by atoms with Crippen LogP contribution in [-0.2, 0) is 20.0 Å². The first kappa shape index (κ1) is 16.8. The second-order valence-corrected chi connectivity index (χ2v) is 7.82. The molecule has 9 heteroatoms. The highest BCUT2D eigenvalue weighted by atomic mass is 32.2. The highest BCUT2D eigenvalue weighted by molar-refractivity contribution is 7.90. The number of hydrogen-bond acceptors (Lipinski definition) is 5. The Morgan fingerprint density at radius 1 is 1.20 bits per heavy atom. The minimum Gasteiger partial charge on any atom is -0.295 e. The Morgan fingerprint density at radius 2 is 1.85 bits per heavy atom. The van der Waals surface area contributed by atoms with Gasteiger partial charge in [-0.25, -0.2) is 26.3 Å². The summed E-state index contributed by atoms with van der Waals surface area (Å²) in [6, 6.07) is 5.54. The van der Waals surface area contributed by atoms with Crippen LogP contribution in [0.3, 0.4) is 0 Å². The zero-order valence-electron chi connectivity index (χ0n) is 11.1. The smallest absolute Gasteiger partial charge is 0.240 e. The molecule has 0 spiro atoms. The minimum atomic E-state index is -3.84. The van der Waals surface area contributed by atoms with E-state index in [1.165, 1.54) is 38.2 Å². The largest absolute Gasteiger partial charge is 0.295 e. The Hall–Kier alpha value is -1.29. The molecule has 0 radical (unpaired) electrons. The van der Waals surface area contributed by atoms with Crippen LogP contribution in [0.25, 0.3) is 0 Å². The van der Waals surface area contributed by atoms with Gasteiger partial charge in [0, 0.05) is 12.1 Å². The molecule has 1 rings (SSSR count). The highest BCUT2D eigenvalue weighted by Crippen LogP contribution is 2.11. The lowest BCUT2D eigenvalue weighted by atomic mass is 10.2. The molecular weight excluding hydrogens is 304 g/mol. The number of benzene rings is 1. The zero-order chi connectivity index (χ0) is 15.4. The third kappa shape index (κ3) is 4.67. The van der Waals surface area contributed by atoms with Gasteiger partial charge in [0.1, 0.15) is 0 Å². The maximum Gasteiger partial charge on any atom is 0.240 e. The van der Waals surface area contributed by atoms with Crippen LogP contribution < -0.4 is 9.44 Å². The molecule has 20 heavy (non-hydrogen) atoms. The first-order chi connectivity index (χ1) is 9.18. The summed E-state index contributed by atoms with van der Waals surface area (Å²) in [4.78, 5) is 11.1. The molecule has 0 fully saturated rings. The Labute approximate surface area is 118 Å². The van der Waals surface area contributed by atoms with Crippen LogP contribution >= 0.6 is 0 Å². The summed E-state index contributed by atoms with van der Waals surface area (Å²) in [5.41, 5.74) is 0.274. The van der Waals surface area contributed by atoms with E-state index in [9.17, 15) is 21.6 Å². The third-order valence-corrected chi connectivity index (χ3v) is 5.35. The van der Waals surface area contributed by atoms with Crippen molar-refractivity contribution in [3.63, 3.8) is 0 Å². The number of sulfonamides is 2. The van der Waals surface area contributed by atoms with Crippen molar-refractivity contribution in [3.8, 4) is 0 Å². The molecule has 0 atom stereocenters. The molecule has 1 aromatic rings. The van der Waals surface area contributed by atoms with Gasteiger partial charge < -0.3 is 0 Å². The van der Waals surface area contributed by atoms with E-state index in [1.54, 1.807) is 0 Å². The molecule has 1 aromatic carbocycles. The summed E-state index contributed by atoms with van der Waals surface area (Å²) in [6.45, 7) is 1.08. The summed E-state index contributed by atoms with van der Waals surface area (Å²) >= 11 is 0. The minimum absolute atomic E-state index is 0.0768. The molecule has 0 unspecified atom stereocenters. The molecule has 0 aliphatic rings. The maximum absolute atomic E-state index is 11.9. The van der Waals surface area contributed by atoms with E-state index in [-0.39, 0.29) is 28.5 Å². The number of carbonyl (C=O) groups is 1. The lowest BCUT2D eigenvalue weighted by Crippen LogP contribution is -2.33. The molecule has 112 valence electrons. The molecule has 0 aromatic heterocycles. The zero-order valence-corrected chi connectivity index (χ0v) is 12.7. The Kier molecular flexibility index (Phi) is 5.40. The molecule has 0 aliphatic carbocycles. The van der Waals surface area contributed by atoms with Crippen molar-refractivity contribution in [1.82, 2.24) is 9.44 Å². The lowest BCUT2D eigenvalue weighted by molar-refractivity contribution is 0.101. The van der Waals surface area contributed by atoms with Crippen LogP contribution in [0.15, 0.2) is 29.2 Å². The van der Waals surface area contributed by atoms with Crippen LogP contribution in [0, 0.1) is 0 Å². The molecular formula is C11H16N2O5S2. The van der Waals surface area contributed by atoms with Gasteiger partial charge in [-0.1, -0.05) is 12.1 Å². The van der Waals surface area contributed by atoms with E-state index in [0.29, 0.717) is 0 Å². The first-order valence-corrected chi connectivity index (χ1v) is 8.83. The van der Waals surface area contributed by atoms with Crippen LogP contribution in [0.4, 0.5) is 0 Å². The van der Waals surface area contributed by atoms with Gasteiger partial charge in [-0.05, 0) is 26.1 Å². The van der Waals surface area contributed by atoms with Crippen molar-refractivity contribution >= 4 is 25.8 Å². The summed E-state index contributed by atoms with van der Waals surface area (Å²) < 4.78 is 50.5. The fourth-order valence-electron chi connectivity index (χ4n) is 1.38. The molecule has 2 N–H and O–H groups in total. The van der Waals surface area contributed by atoms with Gasteiger partial charge >= 0.3 is 0 Å². The van der Waals surface area contributed by atoms with Crippen molar-refractivity contribution < 1.29 is 21.6 Å². The number of Topliss-reactive ketones (excluding diaryl/α,β-unsaturated/α-hetero) is 1. The Morgan fingerprint density at radius 3 is 2.40 bits per heavy atom. The molecule has 7 nitrogen and oxygen atoms in total. The van der Waals surface area contributed by atoms with Crippen LogP contribution in [0.2, 0.25) is 0 Å². The third-order valence-electron chi connectivity index (χ3n) is 2.52. The number of nitrogens with one attached hydrogen (secondary N) is 2. The number of carbonyl (C=O) groups excluding carboxylic acids is 1. The molecule has 0 saturated carbocycles. The van der Waals surface area contributed by atoms with Gasteiger partial charge in [-0.15, -0.1) is 0 Å². The molecule has 0 aliphatic heterocycles. The number of rotatable bonds is 7. The van der Waals surface area contributed by atoms with Crippen LogP contribution in [0.5, 0.6) is 0 Å². The fourth-order valence-corrected chi connectivity index (χ4v) is 3.16. The number of ketones is 1. The van der Waals surface area contributed by atoms with Gasteiger partial charge in [0.05, 0.1) is 10.6 Å². The van der Waals surface area contributed by atoms with Gasteiger partial charge in [0.2, 0.25) is 20.0 Å². The van der Waals surface area contributed by atoms with E-state index < -0.39 is 20.0 Å². The Bertz CT molecular complexity index is 695. The van der Waals surface area contributed by atoms with Crippen molar-refractivity contribution in [3.05, 3.63) is 29.8 Å². The van der Waals surface area contributed by atoms with E-state index in [4.69, 9.17) is 0 Å². The lowest BCUT2D eigenvalue weighted by Gasteiger charge is -2.07.